The van der Waals surface area contributed by atoms with Gasteiger partial charge in [0.15, 0.2) is 0 Å². The maximum atomic E-state index is 13.2. The summed E-state index contributed by atoms with van der Waals surface area (Å²) in [4.78, 5) is 21.2. The van der Waals surface area contributed by atoms with Crippen LogP contribution in [0.15, 0.2) is 4.99 Å². The minimum absolute atomic E-state index is 0.00522. The number of fused-ring (bicyclic) bond motifs is 3. The fraction of sp³-hybridized carbons (Fsp3) is 0.929. The molecule has 3 aliphatic carbocycles. The number of hydrogen-bond donors (Lipinski definition) is 5. The summed E-state index contributed by atoms with van der Waals surface area (Å²) < 4.78 is 5.85. The van der Waals surface area contributed by atoms with Crippen LogP contribution in [0.2, 0.25) is 0 Å². The lowest BCUT2D eigenvalue weighted by Gasteiger charge is -2.44. The van der Waals surface area contributed by atoms with Crippen molar-refractivity contribution in [2.45, 2.75) is 132 Å². The van der Waals surface area contributed by atoms with E-state index in [1.165, 1.54) is 5.71 Å². The number of alkyl halides is 1. The van der Waals surface area contributed by atoms with Gasteiger partial charge in [-0.05, 0) is 83.0 Å². The number of carbonyl (C=O) groups excluding carboxylic acids is 1. The van der Waals surface area contributed by atoms with E-state index < -0.39 is 12.2 Å². The smallest absolute Gasteiger partial charge is 0.222 e. The number of halogens is 1. The third-order valence-electron chi connectivity index (χ3n) is 10.0. The highest BCUT2D eigenvalue weighted by Crippen LogP contribution is 2.42. The van der Waals surface area contributed by atoms with Crippen molar-refractivity contribution < 1.29 is 19.7 Å². The average molecular weight is 554 g/mol. The van der Waals surface area contributed by atoms with Crippen molar-refractivity contribution in [3.8, 4) is 0 Å². The standard InChI is InChI=1S/C28H48ClN5O4/c1-16-32-33-28-22(15-25(36)30-13-12-18-4-3-5-24(35)27(18)37)31-26(17-6-8-19(29)9-7-17)21-14-20(38-2)10-11-23(21)34(16)28/h16-24,27-28,32-33,35,37H,3-15H2,1-2H3,(H,30,36)/t16?,17?,18?,19?,20?,21?,22-,23?,24?,27?,28?/m0/s1. The molecule has 9 atom stereocenters. The topological polar surface area (TPSA) is 118 Å². The van der Waals surface area contributed by atoms with Gasteiger partial charge in [0.1, 0.15) is 0 Å². The van der Waals surface area contributed by atoms with E-state index in [1.807, 2.05) is 7.11 Å². The van der Waals surface area contributed by atoms with Gasteiger partial charge in [0.2, 0.25) is 5.91 Å². The number of aliphatic hydroxyl groups is 2. The number of aliphatic hydroxyl groups excluding tert-OH is 2. The number of methoxy groups -OCH3 is 1. The second kappa shape index (κ2) is 12.8. The van der Waals surface area contributed by atoms with E-state index in [-0.39, 0.29) is 41.7 Å². The van der Waals surface area contributed by atoms with Crippen molar-refractivity contribution in [2.24, 2.45) is 22.7 Å². The van der Waals surface area contributed by atoms with E-state index in [4.69, 9.17) is 21.3 Å². The molecular weight excluding hydrogens is 506 g/mol. The lowest BCUT2D eigenvalue weighted by atomic mass is 9.72. The molecule has 2 heterocycles. The third-order valence-corrected chi connectivity index (χ3v) is 10.4. The highest BCUT2D eigenvalue weighted by molar-refractivity contribution is 6.20. The summed E-state index contributed by atoms with van der Waals surface area (Å²) in [7, 11) is 1.82. The SMILES string of the molecule is COC1CCC2C(C1)C(C1CCC(Cl)CC1)=N[C@@H](CC(=O)NCCC1CCCC(O)C1O)C1NNC(C)N21. The van der Waals surface area contributed by atoms with Crippen molar-refractivity contribution in [3.05, 3.63) is 0 Å². The molecule has 0 aromatic heterocycles. The monoisotopic (exact) mass is 553 g/mol. The van der Waals surface area contributed by atoms with Gasteiger partial charge in [-0.15, -0.1) is 11.6 Å². The zero-order valence-corrected chi connectivity index (χ0v) is 23.8. The Labute approximate surface area is 232 Å². The van der Waals surface area contributed by atoms with Crippen LogP contribution in [-0.4, -0.2) is 88.5 Å². The zero-order valence-electron chi connectivity index (χ0n) is 23.0. The maximum absolute atomic E-state index is 13.2. The molecule has 5 N–H and O–H groups in total. The first kappa shape index (κ1) is 28.7. The summed E-state index contributed by atoms with van der Waals surface area (Å²) in [6, 6.07) is 0.175. The summed E-state index contributed by atoms with van der Waals surface area (Å²) in [5.41, 5.74) is 8.20. The van der Waals surface area contributed by atoms with Gasteiger partial charge in [0, 0.05) is 36.7 Å². The van der Waals surface area contributed by atoms with Crippen LogP contribution in [0.1, 0.15) is 84.0 Å². The Bertz CT molecular complexity index is 840. The van der Waals surface area contributed by atoms with Gasteiger partial charge in [-0.2, -0.15) is 0 Å². The normalized spacial score (nSPS) is 44.0. The van der Waals surface area contributed by atoms with E-state index >= 15 is 0 Å². The number of hydrazine groups is 1. The highest BCUT2D eigenvalue weighted by Gasteiger charge is 2.50. The lowest BCUT2D eigenvalue weighted by molar-refractivity contribution is -0.122. The van der Waals surface area contributed by atoms with Crippen LogP contribution in [0.25, 0.3) is 0 Å². The largest absolute Gasteiger partial charge is 0.390 e. The molecule has 0 spiro atoms. The molecule has 4 fully saturated rings. The number of amides is 1. The second-order valence-corrected chi connectivity index (χ2v) is 13.0. The van der Waals surface area contributed by atoms with E-state index in [1.54, 1.807) is 0 Å². The summed E-state index contributed by atoms with van der Waals surface area (Å²) in [6.45, 7) is 2.70. The molecule has 5 rings (SSSR count). The molecule has 0 aromatic carbocycles. The molecule has 8 unspecified atom stereocenters. The Morgan fingerprint density at radius 2 is 1.92 bits per heavy atom. The number of hydrogen-bond acceptors (Lipinski definition) is 8. The molecule has 1 amide bonds. The van der Waals surface area contributed by atoms with Crippen LogP contribution >= 0.6 is 11.6 Å². The first-order valence-electron chi connectivity index (χ1n) is 15.0. The Kier molecular flexibility index (Phi) is 9.66. The third kappa shape index (κ3) is 6.24. The fourth-order valence-corrected chi connectivity index (χ4v) is 8.13. The number of nitrogens with zero attached hydrogens (tertiary/aromatic N) is 2. The van der Waals surface area contributed by atoms with Gasteiger partial charge >= 0.3 is 0 Å². The summed E-state index contributed by atoms with van der Waals surface area (Å²) in [5, 5.41) is 23.7. The van der Waals surface area contributed by atoms with Crippen LogP contribution in [0.4, 0.5) is 0 Å². The van der Waals surface area contributed by atoms with Gasteiger partial charge in [-0.1, -0.05) is 6.42 Å². The van der Waals surface area contributed by atoms with Crippen molar-refractivity contribution in [2.75, 3.05) is 13.7 Å². The fourth-order valence-electron chi connectivity index (χ4n) is 7.88. The molecule has 5 aliphatic rings. The molecular formula is C28H48ClN5O4. The number of ether oxygens (including phenoxy) is 1. The van der Waals surface area contributed by atoms with Crippen molar-refractivity contribution in [1.29, 1.82) is 0 Å². The predicted octanol–water partition coefficient (Wildman–Crippen LogP) is 2.29. The van der Waals surface area contributed by atoms with Crippen molar-refractivity contribution in [3.63, 3.8) is 0 Å². The molecule has 10 heteroatoms. The molecule has 3 saturated carbocycles. The van der Waals surface area contributed by atoms with Crippen LogP contribution < -0.4 is 16.2 Å². The van der Waals surface area contributed by atoms with Crippen LogP contribution in [0.3, 0.4) is 0 Å². The summed E-state index contributed by atoms with van der Waals surface area (Å²) >= 11 is 6.48. The van der Waals surface area contributed by atoms with E-state index in [9.17, 15) is 15.0 Å². The van der Waals surface area contributed by atoms with Crippen LogP contribution in [0, 0.1) is 17.8 Å². The van der Waals surface area contributed by atoms with Gasteiger partial charge < -0.3 is 20.3 Å². The van der Waals surface area contributed by atoms with Crippen LogP contribution in [0.5, 0.6) is 0 Å². The highest BCUT2D eigenvalue weighted by atomic mass is 35.5. The molecule has 216 valence electrons. The quantitative estimate of drug-likeness (QED) is 0.307. The Morgan fingerprint density at radius 1 is 1.13 bits per heavy atom. The molecule has 9 nitrogen and oxygen atoms in total. The van der Waals surface area contributed by atoms with Crippen LogP contribution in [-0.2, 0) is 9.53 Å². The van der Waals surface area contributed by atoms with E-state index in [0.717, 1.165) is 57.8 Å². The molecule has 0 aromatic rings. The zero-order chi connectivity index (χ0) is 26.8. The Morgan fingerprint density at radius 3 is 2.68 bits per heavy atom. The summed E-state index contributed by atoms with van der Waals surface area (Å²) in [6.07, 6.45) is 9.74. The Hall–Kier alpha value is -0.810. The number of rotatable bonds is 7. The first-order valence-corrected chi connectivity index (χ1v) is 15.4. The van der Waals surface area contributed by atoms with E-state index in [2.05, 4.69) is 28.0 Å². The van der Waals surface area contributed by atoms with Gasteiger partial charge in [-0.25, -0.2) is 10.9 Å². The van der Waals surface area contributed by atoms with E-state index in [0.29, 0.717) is 43.7 Å². The molecule has 1 saturated heterocycles. The molecule has 0 bridgehead atoms. The lowest BCUT2D eigenvalue weighted by Crippen LogP contribution is -2.55. The van der Waals surface area contributed by atoms with Crippen molar-refractivity contribution in [1.82, 2.24) is 21.1 Å². The van der Waals surface area contributed by atoms with Crippen molar-refractivity contribution >= 4 is 23.2 Å². The summed E-state index contributed by atoms with van der Waals surface area (Å²) in [5.74, 6) is 0.771. The number of nitrogens with one attached hydrogen (secondary N) is 3. The maximum Gasteiger partial charge on any atom is 0.222 e. The first-order chi connectivity index (χ1) is 18.4. The minimum Gasteiger partial charge on any atom is -0.390 e. The molecule has 2 aliphatic heterocycles. The molecule has 38 heavy (non-hydrogen) atoms. The second-order valence-electron chi connectivity index (χ2n) is 12.4. The number of carbonyl (C=O) groups is 1. The van der Waals surface area contributed by atoms with Gasteiger partial charge in [0.05, 0.1) is 43.1 Å². The predicted molar refractivity (Wildman–Crippen MR) is 148 cm³/mol. The number of aliphatic imine (C=N–C) groups is 1. The minimum atomic E-state index is -0.694. The van der Waals surface area contributed by atoms with Gasteiger partial charge in [-0.3, -0.25) is 14.7 Å². The Balaban J connectivity index is 1.32. The molecule has 0 radical (unpaired) electrons. The van der Waals surface area contributed by atoms with Gasteiger partial charge in [0.25, 0.3) is 0 Å². The average Bonchev–Trinajstić information content (AvgIpc) is 3.24.